The summed E-state index contributed by atoms with van der Waals surface area (Å²) in [4.78, 5) is 0. The number of quaternary nitrogens is 1. The Kier molecular flexibility index (Phi) is 3.11. The van der Waals surface area contributed by atoms with Crippen LogP contribution in [-0.4, -0.2) is 20.8 Å². The number of benzene rings is 1. The highest BCUT2D eigenvalue weighted by Crippen LogP contribution is 2.30. The van der Waals surface area contributed by atoms with Gasteiger partial charge >= 0.3 is 0 Å². The van der Waals surface area contributed by atoms with E-state index >= 15 is 0 Å². The fourth-order valence-corrected chi connectivity index (χ4v) is 2.16. The Morgan fingerprint density at radius 1 is 1.20 bits per heavy atom. The summed E-state index contributed by atoms with van der Waals surface area (Å²) in [6, 6.07) is 6.81. The first kappa shape index (κ1) is 10.3. The molecule has 0 bridgehead atoms. The summed E-state index contributed by atoms with van der Waals surface area (Å²) in [6.45, 7) is 1.24. The predicted molar refractivity (Wildman–Crippen MR) is 58.3 cm³/mol. The van der Waals surface area contributed by atoms with Crippen LogP contribution in [0.2, 0.25) is 0 Å². The summed E-state index contributed by atoms with van der Waals surface area (Å²) in [7, 11) is 3.35. The summed E-state index contributed by atoms with van der Waals surface area (Å²) < 4.78 is 10.5. The van der Waals surface area contributed by atoms with Crippen LogP contribution in [0.15, 0.2) is 18.2 Å². The van der Waals surface area contributed by atoms with E-state index in [0.29, 0.717) is 6.04 Å². The number of nitrogens with two attached hydrogens (primary N) is 1. The third-order valence-electron chi connectivity index (χ3n) is 3.01. The maximum atomic E-state index is 5.30. The largest absolute Gasteiger partial charge is 0.493 e. The van der Waals surface area contributed by atoms with Gasteiger partial charge in [-0.15, -0.1) is 0 Å². The molecule has 3 nitrogen and oxygen atoms in total. The van der Waals surface area contributed by atoms with E-state index in [4.69, 9.17) is 9.47 Å². The highest BCUT2D eigenvalue weighted by atomic mass is 16.5. The van der Waals surface area contributed by atoms with Crippen LogP contribution in [0.4, 0.5) is 0 Å². The van der Waals surface area contributed by atoms with Gasteiger partial charge in [0.05, 0.1) is 20.8 Å². The second kappa shape index (κ2) is 4.53. The van der Waals surface area contributed by atoms with Crippen molar-refractivity contribution in [2.45, 2.75) is 18.9 Å². The van der Waals surface area contributed by atoms with Crippen LogP contribution in [0.1, 0.15) is 24.4 Å². The zero-order valence-electron chi connectivity index (χ0n) is 9.32. The number of methoxy groups -OCH3 is 2. The number of hydrogen-bond acceptors (Lipinski definition) is 2. The van der Waals surface area contributed by atoms with Gasteiger partial charge in [0.25, 0.3) is 0 Å². The van der Waals surface area contributed by atoms with Crippen LogP contribution in [-0.2, 0) is 0 Å². The van der Waals surface area contributed by atoms with Gasteiger partial charge in [-0.3, -0.25) is 0 Å². The molecule has 1 aromatic carbocycles. The van der Waals surface area contributed by atoms with Gasteiger partial charge in [-0.2, -0.15) is 0 Å². The van der Waals surface area contributed by atoms with E-state index in [0.717, 1.165) is 11.5 Å². The van der Waals surface area contributed by atoms with E-state index in [1.165, 1.54) is 24.9 Å². The van der Waals surface area contributed by atoms with Crippen molar-refractivity contribution in [3.8, 4) is 11.5 Å². The monoisotopic (exact) mass is 208 g/mol. The van der Waals surface area contributed by atoms with E-state index in [1.807, 2.05) is 6.07 Å². The Balaban J connectivity index is 2.25. The topological polar surface area (TPSA) is 35.1 Å². The molecule has 1 aliphatic heterocycles. The van der Waals surface area contributed by atoms with Crippen LogP contribution in [0.5, 0.6) is 11.5 Å². The van der Waals surface area contributed by atoms with Crippen LogP contribution in [0, 0.1) is 0 Å². The second-order valence-electron chi connectivity index (χ2n) is 3.89. The first-order valence-electron chi connectivity index (χ1n) is 5.40. The second-order valence-corrected chi connectivity index (χ2v) is 3.89. The number of rotatable bonds is 3. The van der Waals surface area contributed by atoms with Crippen molar-refractivity contribution < 1.29 is 14.8 Å². The zero-order valence-corrected chi connectivity index (χ0v) is 9.32. The molecule has 0 aromatic heterocycles. The Morgan fingerprint density at radius 3 is 2.60 bits per heavy atom. The van der Waals surface area contributed by atoms with Gasteiger partial charge in [0.1, 0.15) is 6.04 Å². The summed E-state index contributed by atoms with van der Waals surface area (Å²) in [5, 5.41) is 2.39. The SMILES string of the molecule is COc1ccc([C@@H]2CCC[NH2+]2)cc1OC. The molecule has 2 N–H and O–H groups in total. The molecule has 82 valence electrons. The van der Waals surface area contributed by atoms with E-state index in [9.17, 15) is 0 Å². The summed E-state index contributed by atoms with van der Waals surface area (Å²) in [5.41, 5.74) is 1.34. The van der Waals surface area contributed by atoms with Gasteiger partial charge in [-0.25, -0.2) is 0 Å². The maximum absolute atomic E-state index is 5.30. The van der Waals surface area contributed by atoms with Crippen molar-refractivity contribution in [3.63, 3.8) is 0 Å². The highest BCUT2D eigenvalue weighted by Gasteiger charge is 2.21. The molecule has 0 spiro atoms. The molecule has 1 atom stereocenters. The Hall–Kier alpha value is -1.22. The average molecular weight is 208 g/mol. The molecule has 0 amide bonds. The van der Waals surface area contributed by atoms with Crippen molar-refractivity contribution >= 4 is 0 Å². The minimum Gasteiger partial charge on any atom is -0.493 e. The van der Waals surface area contributed by atoms with Gasteiger partial charge in [0.15, 0.2) is 11.5 Å². The van der Waals surface area contributed by atoms with E-state index in [-0.39, 0.29) is 0 Å². The van der Waals surface area contributed by atoms with Crippen molar-refractivity contribution in [1.82, 2.24) is 0 Å². The van der Waals surface area contributed by atoms with Crippen molar-refractivity contribution in [1.29, 1.82) is 0 Å². The maximum Gasteiger partial charge on any atom is 0.161 e. The molecule has 1 aliphatic rings. The zero-order chi connectivity index (χ0) is 10.7. The van der Waals surface area contributed by atoms with Crippen LogP contribution in [0.3, 0.4) is 0 Å². The van der Waals surface area contributed by atoms with Crippen LogP contribution < -0.4 is 14.8 Å². The fraction of sp³-hybridized carbons (Fsp3) is 0.500. The highest BCUT2D eigenvalue weighted by molar-refractivity contribution is 5.43. The van der Waals surface area contributed by atoms with Crippen LogP contribution in [0.25, 0.3) is 0 Å². The van der Waals surface area contributed by atoms with Crippen molar-refractivity contribution in [2.24, 2.45) is 0 Å². The number of hydrogen-bond donors (Lipinski definition) is 1. The molecule has 1 aromatic rings. The lowest BCUT2D eigenvalue weighted by Gasteiger charge is -2.12. The molecule has 0 unspecified atom stereocenters. The van der Waals surface area contributed by atoms with E-state index < -0.39 is 0 Å². The van der Waals surface area contributed by atoms with Crippen molar-refractivity contribution in [3.05, 3.63) is 23.8 Å². The molecule has 15 heavy (non-hydrogen) atoms. The summed E-state index contributed by atoms with van der Waals surface area (Å²) >= 11 is 0. The Labute approximate surface area is 90.4 Å². The minimum atomic E-state index is 0.602. The quantitative estimate of drug-likeness (QED) is 0.807. The Morgan fingerprint density at radius 2 is 2.00 bits per heavy atom. The molecular formula is C12H18NO2+. The Bertz CT molecular complexity index is 332. The minimum absolute atomic E-state index is 0.602. The lowest BCUT2D eigenvalue weighted by molar-refractivity contribution is -0.676. The first-order valence-corrected chi connectivity index (χ1v) is 5.40. The first-order chi connectivity index (χ1) is 7.35. The normalized spacial score (nSPS) is 20.3. The molecule has 1 fully saturated rings. The molecule has 0 saturated carbocycles. The lowest BCUT2D eigenvalue weighted by Crippen LogP contribution is -2.81. The summed E-state index contributed by atoms with van der Waals surface area (Å²) in [6.07, 6.45) is 2.56. The summed E-state index contributed by atoms with van der Waals surface area (Å²) in [5.74, 6) is 1.63. The third kappa shape index (κ3) is 2.07. The fourth-order valence-electron chi connectivity index (χ4n) is 2.16. The van der Waals surface area contributed by atoms with Crippen molar-refractivity contribution in [2.75, 3.05) is 20.8 Å². The predicted octanol–water partition coefficient (Wildman–Crippen LogP) is 1.10. The molecule has 1 heterocycles. The van der Waals surface area contributed by atoms with E-state index in [2.05, 4.69) is 17.4 Å². The smallest absolute Gasteiger partial charge is 0.161 e. The molecule has 3 heteroatoms. The van der Waals surface area contributed by atoms with Gasteiger partial charge in [0.2, 0.25) is 0 Å². The molecular weight excluding hydrogens is 190 g/mol. The molecule has 2 rings (SSSR count). The third-order valence-corrected chi connectivity index (χ3v) is 3.01. The van der Waals surface area contributed by atoms with E-state index in [1.54, 1.807) is 14.2 Å². The van der Waals surface area contributed by atoms with Gasteiger partial charge in [-0.05, 0) is 18.2 Å². The lowest BCUT2D eigenvalue weighted by atomic mass is 10.0. The van der Waals surface area contributed by atoms with Crippen LogP contribution >= 0.6 is 0 Å². The number of ether oxygens (including phenoxy) is 2. The molecule has 0 radical (unpaired) electrons. The molecule has 1 saturated heterocycles. The standard InChI is InChI=1S/C12H17NO2/c1-14-11-6-5-9(8-12(11)15-2)10-4-3-7-13-10/h5-6,8,10,13H,3-4,7H2,1-2H3/p+1/t10-/m0/s1. The van der Waals surface area contributed by atoms with Gasteiger partial charge in [-0.1, -0.05) is 0 Å². The molecule has 0 aliphatic carbocycles. The van der Waals surface area contributed by atoms with Gasteiger partial charge < -0.3 is 14.8 Å². The average Bonchev–Trinajstić information content (AvgIpc) is 2.81. The van der Waals surface area contributed by atoms with Gasteiger partial charge in [0, 0.05) is 18.4 Å².